The average Bonchev–Trinajstić information content (AvgIpc) is 2.87. The zero-order valence-electron chi connectivity index (χ0n) is 11.3. The maximum Gasteiger partial charge on any atom is 0.263 e. The molecule has 0 aliphatic heterocycles. The van der Waals surface area contributed by atoms with Gasteiger partial charge in [0.25, 0.3) is 5.91 Å². The number of nitrogens with zero attached hydrogens (tertiary/aromatic N) is 1. The van der Waals surface area contributed by atoms with Gasteiger partial charge in [-0.3, -0.25) is 9.59 Å². The van der Waals surface area contributed by atoms with Crippen molar-refractivity contribution in [1.29, 1.82) is 0 Å². The summed E-state index contributed by atoms with van der Waals surface area (Å²) in [4.78, 5) is 28.1. The number of amides is 2. The van der Waals surface area contributed by atoms with Crippen LogP contribution in [0, 0.1) is 6.92 Å². The zero-order chi connectivity index (χ0) is 14.5. The summed E-state index contributed by atoms with van der Waals surface area (Å²) in [5.74, 6) is -0.505. The Kier molecular flexibility index (Phi) is 4.47. The quantitative estimate of drug-likeness (QED) is 0.898. The second kappa shape index (κ2) is 6.29. The molecule has 2 aromatic rings. The van der Waals surface area contributed by atoms with Crippen LogP contribution in [0.4, 0.5) is 0 Å². The van der Waals surface area contributed by atoms with Gasteiger partial charge >= 0.3 is 0 Å². The topological polar surface area (TPSA) is 71.1 Å². The molecule has 2 N–H and O–H groups in total. The largest absolute Gasteiger partial charge is 0.358 e. The number of carbonyl (C=O) groups excluding carboxylic acids is 2. The van der Waals surface area contributed by atoms with Gasteiger partial charge in [0.05, 0.1) is 12.2 Å². The van der Waals surface area contributed by atoms with E-state index in [1.165, 1.54) is 18.4 Å². The molecule has 6 heteroatoms. The van der Waals surface area contributed by atoms with Crippen LogP contribution in [0.1, 0.15) is 15.4 Å². The molecule has 0 unspecified atom stereocenters. The Balaban J connectivity index is 2.15. The lowest BCUT2D eigenvalue weighted by Crippen LogP contribution is -2.35. The second-order valence-corrected chi connectivity index (χ2v) is 5.15. The summed E-state index contributed by atoms with van der Waals surface area (Å²) in [6.45, 7) is 1.76. The summed E-state index contributed by atoms with van der Waals surface area (Å²) in [5.41, 5.74) is 1.65. The van der Waals surface area contributed by atoms with Crippen molar-refractivity contribution in [3.05, 3.63) is 40.9 Å². The van der Waals surface area contributed by atoms with Gasteiger partial charge in [-0.1, -0.05) is 30.3 Å². The normalized spacial score (nSPS) is 10.1. The van der Waals surface area contributed by atoms with E-state index in [1.807, 2.05) is 30.3 Å². The minimum Gasteiger partial charge on any atom is -0.358 e. The molecular weight excluding hydrogens is 274 g/mol. The molecule has 0 fully saturated rings. The van der Waals surface area contributed by atoms with Gasteiger partial charge in [-0.05, 0) is 6.92 Å². The predicted molar refractivity (Wildman–Crippen MR) is 78.7 cm³/mol. The fraction of sp³-hybridized carbons (Fsp3) is 0.214. The van der Waals surface area contributed by atoms with E-state index in [0.29, 0.717) is 10.6 Å². The third kappa shape index (κ3) is 3.21. The highest BCUT2D eigenvalue weighted by Gasteiger charge is 2.16. The summed E-state index contributed by atoms with van der Waals surface area (Å²) in [5, 5.41) is 5.83. The number of likely N-dealkylation sites (N-methyl/N-ethyl adjacent to an activating group) is 1. The Bertz CT molecular complexity index is 623. The lowest BCUT2D eigenvalue weighted by molar-refractivity contribution is -0.119. The summed E-state index contributed by atoms with van der Waals surface area (Å²) in [6, 6.07) is 9.69. The van der Waals surface area contributed by atoms with Gasteiger partial charge in [-0.2, -0.15) is 0 Å². The van der Waals surface area contributed by atoms with Crippen LogP contribution in [-0.4, -0.2) is 30.4 Å². The third-order valence-corrected chi connectivity index (χ3v) is 3.92. The number of carbonyl (C=O) groups is 2. The minimum absolute atomic E-state index is 0.0344. The van der Waals surface area contributed by atoms with Crippen LogP contribution in [-0.2, 0) is 4.79 Å². The van der Waals surface area contributed by atoms with Crippen LogP contribution < -0.4 is 10.6 Å². The Morgan fingerprint density at radius 1 is 1.25 bits per heavy atom. The van der Waals surface area contributed by atoms with Crippen LogP contribution >= 0.6 is 11.3 Å². The van der Waals surface area contributed by atoms with E-state index in [2.05, 4.69) is 15.6 Å². The van der Waals surface area contributed by atoms with Crippen LogP contribution in [0.2, 0.25) is 0 Å². The molecule has 5 nitrogen and oxygen atoms in total. The smallest absolute Gasteiger partial charge is 0.263 e. The van der Waals surface area contributed by atoms with Crippen molar-refractivity contribution in [1.82, 2.24) is 15.6 Å². The molecule has 1 heterocycles. The molecule has 0 spiro atoms. The molecule has 2 rings (SSSR count). The van der Waals surface area contributed by atoms with E-state index >= 15 is 0 Å². The number of rotatable bonds is 4. The SMILES string of the molecule is CNC(=O)CNC(=O)c1sc(-c2ccccc2)nc1C. The molecule has 0 bridgehead atoms. The lowest BCUT2D eigenvalue weighted by Gasteiger charge is -2.02. The van der Waals surface area contributed by atoms with Crippen LogP contribution in [0.15, 0.2) is 30.3 Å². The molecule has 20 heavy (non-hydrogen) atoms. The van der Waals surface area contributed by atoms with Crippen molar-refractivity contribution in [2.75, 3.05) is 13.6 Å². The number of thiazole rings is 1. The molecule has 1 aromatic heterocycles. The first-order chi connectivity index (χ1) is 9.61. The van der Waals surface area contributed by atoms with Crippen molar-refractivity contribution in [2.45, 2.75) is 6.92 Å². The summed E-state index contributed by atoms with van der Waals surface area (Å²) in [6.07, 6.45) is 0. The number of aromatic nitrogens is 1. The molecule has 0 aliphatic rings. The Morgan fingerprint density at radius 2 is 1.95 bits per heavy atom. The van der Waals surface area contributed by atoms with E-state index < -0.39 is 0 Å². The lowest BCUT2D eigenvalue weighted by atomic mass is 10.2. The van der Waals surface area contributed by atoms with Crippen molar-refractivity contribution >= 4 is 23.2 Å². The maximum absolute atomic E-state index is 12.0. The second-order valence-electron chi connectivity index (χ2n) is 4.16. The van der Waals surface area contributed by atoms with Gasteiger partial charge < -0.3 is 10.6 Å². The maximum atomic E-state index is 12.0. The van der Waals surface area contributed by atoms with Gasteiger partial charge in [0, 0.05) is 12.6 Å². The number of aryl methyl sites for hydroxylation is 1. The fourth-order valence-electron chi connectivity index (χ4n) is 1.64. The van der Waals surface area contributed by atoms with E-state index in [4.69, 9.17) is 0 Å². The average molecular weight is 289 g/mol. The molecule has 1 aromatic carbocycles. The Hall–Kier alpha value is -2.21. The third-order valence-electron chi connectivity index (χ3n) is 2.71. The van der Waals surface area contributed by atoms with E-state index in [-0.39, 0.29) is 18.4 Å². The van der Waals surface area contributed by atoms with Crippen LogP contribution in [0.25, 0.3) is 10.6 Å². The van der Waals surface area contributed by atoms with Gasteiger partial charge in [0.2, 0.25) is 5.91 Å². The number of nitrogens with one attached hydrogen (secondary N) is 2. The van der Waals surface area contributed by atoms with E-state index in [9.17, 15) is 9.59 Å². The van der Waals surface area contributed by atoms with Gasteiger partial charge in [0.15, 0.2) is 0 Å². The van der Waals surface area contributed by atoms with Crippen molar-refractivity contribution in [3.63, 3.8) is 0 Å². The number of hydrogen-bond donors (Lipinski definition) is 2. The molecule has 2 amide bonds. The number of benzene rings is 1. The molecular formula is C14H15N3O2S. The first kappa shape index (κ1) is 14.2. The molecule has 0 saturated heterocycles. The molecule has 0 atom stereocenters. The molecule has 0 aliphatic carbocycles. The highest BCUT2D eigenvalue weighted by molar-refractivity contribution is 7.17. The van der Waals surface area contributed by atoms with E-state index in [1.54, 1.807) is 6.92 Å². The highest BCUT2D eigenvalue weighted by atomic mass is 32.1. The number of hydrogen-bond acceptors (Lipinski definition) is 4. The van der Waals surface area contributed by atoms with Crippen LogP contribution in [0.3, 0.4) is 0 Å². The van der Waals surface area contributed by atoms with Gasteiger partial charge in [-0.15, -0.1) is 11.3 Å². The van der Waals surface area contributed by atoms with Gasteiger partial charge in [-0.25, -0.2) is 4.98 Å². The summed E-state index contributed by atoms with van der Waals surface area (Å²) < 4.78 is 0. The standard InChI is InChI=1S/C14H15N3O2S/c1-9-12(13(19)16-8-11(18)15-2)20-14(17-9)10-6-4-3-5-7-10/h3-7H,8H2,1-2H3,(H,15,18)(H,16,19). The zero-order valence-corrected chi connectivity index (χ0v) is 12.1. The minimum atomic E-state index is -0.272. The highest BCUT2D eigenvalue weighted by Crippen LogP contribution is 2.27. The summed E-state index contributed by atoms with van der Waals surface area (Å²) in [7, 11) is 1.53. The fourth-order valence-corrected chi connectivity index (χ4v) is 2.63. The van der Waals surface area contributed by atoms with Crippen molar-refractivity contribution < 1.29 is 9.59 Å². The Morgan fingerprint density at radius 3 is 2.60 bits per heavy atom. The van der Waals surface area contributed by atoms with Crippen molar-refractivity contribution in [3.8, 4) is 10.6 Å². The first-order valence-corrected chi connectivity index (χ1v) is 6.95. The summed E-state index contributed by atoms with van der Waals surface area (Å²) >= 11 is 1.33. The Labute approximate surface area is 121 Å². The molecule has 0 saturated carbocycles. The molecule has 104 valence electrons. The first-order valence-electron chi connectivity index (χ1n) is 6.13. The van der Waals surface area contributed by atoms with Crippen molar-refractivity contribution in [2.24, 2.45) is 0 Å². The monoisotopic (exact) mass is 289 g/mol. The van der Waals surface area contributed by atoms with E-state index in [0.717, 1.165) is 10.6 Å². The predicted octanol–water partition coefficient (Wildman–Crippen LogP) is 1.59. The molecule has 0 radical (unpaired) electrons. The van der Waals surface area contributed by atoms with Crippen LogP contribution in [0.5, 0.6) is 0 Å². The van der Waals surface area contributed by atoms with Gasteiger partial charge in [0.1, 0.15) is 9.88 Å².